The Kier molecular flexibility index (Phi) is 6.41. The number of hydrogen-bond acceptors (Lipinski definition) is 7. The second-order valence-corrected chi connectivity index (χ2v) is 7.39. The first-order valence-electron chi connectivity index (χ1n) is 9.90. The van der Waals surface area contributed by atoms with Crippen molar-refractivity contribution in [3.05, 3.63) is 35.2 Å². The molecule has 2 aromatic heterocycles. The topological polar surface area (TPSA) is 132 Å². The van der Waals surface area contributed by atoms with Crippen LogP contribution in [0.1, 0.15) is 60.6 Å². The summed E-state index contributed by atoms with van der Waals surface area (Å²) in [5.74, 6) is 0.637. The molecule has 2 atom stereocenters. The van der Waals surface area contributed by atoms with E-state index in [1.54, 1.807) is 12.3 Å². The van der Waals surface area contributed by atoms with Gasteiger partial charge in [0, 0.05) is 24.3 Å². The van der Waals surface area contributed by atoms with E-state index in [-0.39, 0.29) is 17.8 Å². The summed E-state index contributed by atoms with van der Waals surface area (Å²) in [5, 5.41) is 14.8. The minimum absolute atomic E-state index is 0.0809. The fraction of sp³-hybridized carbons (Fsp3) is 0.500. The quantitative estimate of drug-likeness (QED) is 0.578. The van der Waals surface area contributed by atoms with Crippen molar-refractivity contribution in [1.29, 1.82) is 0 Å². The second-order valence-electron chi connectivity index (χ2n) is 7.39. The molecule has 150 valence electrons. The van der Waals surface area contributed by atoms with Gasteiger partial charge in [0.05, 0.1) is 5.69 Å². The van der Waals surface area contributed by atoms with E-state index < -0.39 is 5.91 Å². The zero-order chi connectivity index (χ0) is 20.1. The fourth-order valence-corrected chi connectivity index (χ4v) is 3.66. The van der Waals surface area contributed by atoms with E-state index in [4.69, 9.17) is 11.5 Å². The van der Waals surface area contributed by atoms with Crippen LogP contribution in [0.3, 0.4) is 0 Å². The van der Waals surface area contributed by atoms with E-state index in [1.807, 2.05) is 6.07 Å². The number of primary amides is 1. The molecule has 1 fully saturated rings. The maximum atomic E-state index is 11.9. The van der Waals surface area contributed by atoms with Gasteiger partial charge < -0.3 is 22.1 Å². The molecule has 1 aliphatic carbocycles. The SMILES string of the molecule is CCCc1c(C)ccnc1Nc1cc(N[C@@H]2CCCC[C@@H]2N)nnc1C(N)=O. The number of aryl methyl sites for hydroxylation is 1. The molecule has 0 aliphatic heterocycles. The molecule has 3 rings (SSSR count). The average molecular weight is 384 g/mol. The number of hydrogen-bond donors (Lipinski definition) is 4. The molecular weight excluding hydrogens is 354 g/mol. The number of nitrogens with two attached hydrogens (primary N) is 2. The third kappa shape index (κ3) is 4.56. The number of aromatic nitrogens is 3. The van der Waals surface area contributed by atoms with Crippen LogP contribution in [0.25, 0.3) is 0 Å². The smallest absolute Gasteiger partial charge is 0.271 e. The van der Waals surface area contributed by atoms with Gasteiger partial charge in [0.1, 0.15) is 5.82 Å². The molecule has 2 heterocycles. The Morgan fingerprint density at radius 3 is 2.79 bits per heavy atom. The lowest BCUT2D eigenvalue weighted by Gasteiger charge is -2.29. The van der Waals surface area contributed by atoms with Gasteiger partial charge >= 0.3 is 0 Å². The van der Waals surface area contributed by atoms with Gasteiger partial charge in [-0.15, -0.1) is 10.2 Å². The molecule has 0 spiro atoms. The van der Waals surface area contributed by atoms with Crippen LogP contribution in [-0.4, -0.2) is 33.2 Å². The first kappa shape index (κ1) is 20.0. The highest BCUT2D eigenvalue weighted by atomic mass is 16.1. The van der Waals surface area contributed by atoms with Crippen molar-refractivity contribution in [3.63, 3.8) is 0 Å². The molecule has 0 unspecified atom stereocenters. The summed E-state index contributed by atoms with van der Waals surface area (Å²) in [4.78, 5) is 16.3. The number of nitrogens with one attached hydrogen (secondary N) is 2. The highest BCUT2D eigenvalue weighted by Gasteiger charge is 2.23. The van der Waals surface area contributed by atoms with E-state index in [1.165, 1.54) is 0 Å². The van der Waals surface area contributed by atoms with Crippen LogP contribution in [0.15, 0.2) is 18.3 Å². The van der Waals surface area contributed by atoms with Gasteiger partial charge in [-0.25, -0.2) is 4.98 Å². The van der Waals surface area contributed by atoms with Crippen LogP contribution >= 0.6 is 0 Å². The first-order valence-corrected chi connectivity index (χ1v) is 9.90. The summed E-state index contributed by atoms with van der Waals surface area (Å²) < 4.78 is 0. The first-order chi connectivity index (χ1) is 13.5. The van der Waals surface area contributed by atoms with Gasteiger partial charge in [0.25, 0.3) is 5.91 Å². The van der Waals surface area contributed by atoms with Gasteiger partial charge in [-0.05, 0) is 43.4 Å². The Hall–Kier alpha value is -2.74. The zero-order valence-electron chi connectivity index (χ0n) is 16.5. The van der Waals surface area contributed by atoms with Crippen LogP contribution in [0.4, 0.5) is 17.3 Å². The monoisotopic (exact) mass is 383 g/mol. The van der Waals surface area contributed by atoms with Crippen molar-refractivity contribution < 1.29 is 4.79 Å². The molecule has 0 saturated heterocycles. The Labute approximate surface area is 165 Å². The number of rotatable bonds is 7. The summed E-state index contributed by atoms with van der Waals surface area (Å²) >= 11 is 0. The largest absolute Gasteiger partial charge is 0.364 e. The molecule has 8 heteroatoms. The summed E-state index contributed by atoms with van der Waals surface area (Å²) in [6, 6.07) is 3.96. The van der Waals surface area contributed by atoms with Gasteiger partial charge in [0.2, 0.25) is 0 Å². The van der Waals surface area contributed by atoms with Crippen LogP contribution in [-0.2, 0) is 6.42 Å². The van der Waals surface area contributed by atoms with Crippen molar-refractivity contribution in [2.24, 2.45) is 11.5 Å². The van der Waals surface area contributed by atoms with E-state index in [0.29, 0.717) is 17.3 Å². The molecule has 1 saturated carbocycles. The lowest BCUT2D eigenvalue weighted by atomic mass is 9.91. The number of anilines is 3. The van der Waals surface area contributed by atoms with Crippen molar-refractivity contribution in [2.45, 2.75) is 64.5 Å². The zero-order valence-corrected chi connectivity index (χ0v) is 16.5. The number of carbonyl (C=O) groups is 1. The summed E-state index contributed by atoms with van der Waals surface area (Å²) in [6.45, 7) is 4.17. The molecule has 1 amide bonds. The number of carbonyl (C=O) groups excluding carboxylic acids is 1. The van der Waals surface area contributed by atoms with Crippen molar-refractivity contribution in [2.75, 3.05) is 10.6 Å². The van der Waals surface area contributed by atoms with Gasteiger partial charge in [-0.3, -0.25) is 4.79 Å². The van der Waals surface area contributed by atoms with Crippen LogP contribution in [0, 0.1) is 6.92 Å². The van der Waals surface area contributed by atoms with Crippen LogP contribution in [0.2, 0.25) is 0 Å². The minimum Gasteiger partial charge on any atom is -0.364 e. The molecule has 28 heavy (non-hydrogen) atoms. The average Bonchev–Trinajstić information content (AvgIpc) is 2.66. The highest BCUT2D eigenvalue weighted by molar-refractivity contribution is 5.97. The van der Waals surface area contributed by atoms with Gasteiger partial charge in [0.15, 0.2) is 11.5 Å². The van der Waals surface area contributed by atoms with Crippen molar-refractivity contribution >= 4 is 23.2 Å². The molecule has 8 nitrogen and oxygen atoms in total. The lowest BCUT2D eigenvalue weighted by molar-refractivity contribution is 0.0995. The van der Waals surface area contributed by atoms with Gasteiger partial charge in [-0.1, -0.05) is 26.2 Å². The normalized spacial score (nSPS) is 19.2. The molecule has 0 radical (unpaired) electrons. The summed E-state index contributed by atoms with van der Waals surface area (Å²) in [5.41, 5.74) is 14.6. The Balaban J connectivity index is 1.90. The maximum Gasteiger partial charge on any atom is 0.271 e. The van der Waals surface area contributed by atoms with Crippen LogP contribution in [0.5, 0.6) is 0 Å². The molecule has 1 aliphatic rings. The summed E-state index contributed by atoms with van der Waals surface area (Å²) in [7, 11) is 0. The van der Waals surface area contributed by atoms with Crippen LogP contribution < -0.4 is 22.1 Å². The van der Waals surface area contributed by atoms with Crippen molar-refractivity contribution in [3.8, 4) is 0 Å². The minimum atomic E-state index is -0.638. The predicted octanol–water partition coefficient (Wildman–Crippen LogP) is 2.66. The molecular formula is C20H29N7O. The van der Waals surface area contributed by atoms with Gasteiger partial charge in [-0.2, -0.15) is 0 Å². The Morgan fingerprint density at radius 2 is 2.07 bits per heavy atom. The number of amides is 1. The lowest BCUT2D eigenvalue weighted by Crippen LogP contribution is -2.42. The standard InChI is InChI=1S/C20H29N7O/c1-3-6-13-12(2)9-10-23-20(13)25-16-11-17(26-27-18(16)19(22)28)24-15-8-5-4-7-14(15)21/h9-11,14-15H,3-8,21H2,1-2H3,(H2,22,28)(H2,23,24,25,26)/t14-,15+/m0/s1. The molecule has 0 bridgehead atoms. The van der Waals surface area contributed by atoms with Crippen molar-refractivity contribution in [1.82, 2.24) is 15.2 Å². The molecule has 6 N–H and O–H groups in total. The number of pyridine rings is 1. The summed E-state index contributed by atoms with van der Waals surface area (Å²) in [6.07, 6.45) is 7.88. The van der Waals surface area contributed by atoms with E-state index >= 15 is 0 Å². The second kappa shape index (κ2) is 8.97. The highest BCUT2D eigenvalue weighted by Crippen LogP contribution is 2.27. The molecule has 2 aromatic rings. The third-order valence-electron chi connectivity index (χ3n) is 5.22. The van der Waals surface area contributed by atoms with E-state index in [0.717, 1.165) is 49.7 Å². The predicted molar refractivity (Wildman–Crippen MR) is 111 cm³/mol. The number of nitrogens with zero attached hydrogens (tertiary/aromatic N) is 3. The molecule has 0 aromatic carbocycles. The Bertz CT molecular complexity index is 839. The van der Waals surface area contributed by atoms with E-state index in [9.17, 15) is 4.79 Å². The maximum absolute atomic E-state index is 11.9. The fourth-order valence-electron chi connectivity index (χ4n) is 3.66. The third-order valence-corrected chi connectivity index (χ3v) is 5.22. The van der Waals surface area contributed by atoms with E-state index in [2.05, 4.69) is 39.7 Å². The Morgan fingerprint density at radius 1 is 1.29 bits per heavy atom.